The Labute approximate surface area is 191 Å². The largest absolute Gasteiger partial charge is 0.454 e. The van der Waals surface area contributed by atoms with Gasteiger partial charge in [-0.1, -0.05) is 42.0 Å². The zero-order valence-corrected chi connectivity index (χ0v) is 18.1. The van der Waals surface area contributed by atoms with E-state index in [4.69, 9.17) is 4.74 Å². The van der Waals surface area contributed by atoms with Crippen molar-refractivity contribution in [3.05, 3.63) is 77.4 Å². The normalized spacial score (nSPS) is 30.8. The fraction of sp³-hybridized carbons (Fsp3) is 0.333. The summed E-state index contributed by atoms with van der Waals surface area (Å²) in [7, 11) is 0. The topological polar surface area (TPSA) is 80.8 Å². The van der Waals surface area contributed by atoms with Crippen molar-refractivity contribution >= 4 is 29.3 Å². The van der Waals surface area contributed by atoms with Crippen LogP contribution in [0.25, 0.3) is 0 Å². The van der Waals surface area contributed by atoms with Gasteiger partial charge in [-0.15, -0.1) is 0 Å². The van der Waals surface area contributed by atoms with Gasteiger partial charge < -0.3 is 4.74 Å². The number of amides is 2. The van der Waals surface area contributed by atoms with Crippen LogP contribution >= 0.6 is 0 Å². The Hall–Kier alpha value is -3.54. The third-order valence-corrected chi connectivity index (χ3v) is 7.73. The summed E-state index contributed by atoms with van der Waals surface area (Å²) in [4.78, 5) is 52.3. The molecular weight excluding hydrogens is 418 g/mol. The summed E-state index contributed by atoms with van der Waals surface area (Å²) in [5.74, 6) is -0.229. The Morgan fingerprint density at radius 3 is 1.97 bits per heavy atom. The first kappa shape index (κ1) is 20.1. The number of carbonyl (C=O) groups excluding carboxylic acids is 4. The van der Waals surface area contributed by atoms with Crippen LogP contribution in [0.1, 0.15) is 32.7 Å². The van der Waals surface area contributed by atoms with Crippen molar-refractivity contribution in [2.24, 2.45) is 35.5 Å². The molecule has 6 nitrogen and oxygen atoms in total. The molecule has 1 aliphatic heterocycles. The van der Waals surface area contributed by atoms with E-state index < -0.39 is 5.97 Å². The number of imide groups is 1. The van der Waals surface area contributed by atoms with Crippen LogP contribution in [0.5, 0.6) is 0 Å². The highest BCUT2D eigenvalue weighted by Crippen LogP contribution is 2.65. The first-order valence-electron chi connectivity index (χ1n) is 11.4. The Kier molecular flexibility index (Phi) is 4.41. The number of ether oxygens (including phenoxy) is 1. The van der Waals surface area contributed by atoms with E-state index >= 15 is 0 Å². The molecule has 2 amide bonds. The molecule has 0 radical (unpaired) electrons. The maximum absolute atomic E-state index is 13.2. The van der Waals surface area contributed by atoms with Gasteiger partial charge in [-0.2, -0.15) is 0 Å². The van der Waals surface area contributed by atoms with Crippen molar-refractivity contribution in [1.29, 1.82) is 0 Å². The summed E-state index contributed by atoms with van der Waals surface area (Å²) in [6, 6.07) is 13.3. The quantitative estimate of drug-likeness (QED) is 0.307. The molecule has 4 aliphatic carbocycles. The fourth-order valence-electron chi connectivity index (χ4n) is 6.00. The summed E-state index contributed by atoms with van der Waals surface area (Å²) in [6.45, 7) is 1.58. The van der Waals surface area contributed by atoms with Gasteiger partial charge in [0, 0.05) is 5.56 Å². The molecule has 2 saturated carbocycles. The van der Waals surface area contributed by atoms with Crippen LogP contribution in [0.4, 0.5) is 5.69 Å². The predicted octanol–water partition coefficient (Wildman–Crippen LogP) is 3.59. The number of esters is 1. The molecule has 6 heteroatoms. The molecule has 0 N–H and O–H groups in total. The minimum absolute atomic E-state index is 0.131. The number of allylic oxidation sites excluding steroid dienone is 2. The van der Waals surface area contributed by atoms with Gasteiger partial charge in [0.15, 0.2) is 12.4 Å². The molecule has 7 rings (SSSR count). The van der Waals surface area contributed by atoms with Crippen molar-refractivity contribution in [2.45, 2.75) is 13.3 Å². The average molecular weight is 441 g/mol. The van der Waals surface area contributed by atoms with Crippen molar-refractivity contribution < 1.29 is 23.9 Å². The zero-order chi connectivity index (χ0) is 22.9. The van der Waals surface area contributed by atoms with Crippen molar-refractivity contribution in [1.82, 2.24) is 0 Å². The lowest BCUT2D eigenvalue weighted by Gasteiger charge is -2.37. The molecule has 166 valence electrons. The van der Waals surface area contributed by atoms with Crippen molar-refractivity contribution in [3.63, 3.8) is 0 Å². The molecule has 2 aromatic rings. The maximum Gasteiger partial charge on any atom is 0.338 e. The van der Waals surface area contributed by atoms with Crippen LogP contribution in [-0.4, -0.2) is 30.2 Å². The Bertz CT molecular complexity index is 1180. The van der Waals surface area contributed by atoms with Gasteiger partial charge in [-0.3, -0.25) is 19.3 Å². The van der Waals surface area contributed by atoms with Crippen LogP contribution in [0.15, 0.2) is 60.7 Å². The summed E-state index contributed by atoms with van der Waals surface area (Å²) in [6.07, 6.45) is 5.41. The number of Topliss-reactive ketones (excluding diaryl/α,β-unsaturated/α-hetero) is 1. The minimum Gasteiger partial charge on any atom is -0.454 e. The van der Waals surface area contributed by atoms with Crippen LogP contribution in [0.3, 0.4) is 0 Å². The SMILES string of the molecule is Cc1ccc(C(=O)COC(=O)c2ccc(N3C(=O)[C@@H]4[C@@H]5C=C[C@H]([C@H]6C[C@H]56)[C@@H]4C3=O)cc2)cc1. The highest BCUT2D eigenvalue weighted by molar-refractivity contribution is 6.22. The second-order valence-electron chi connectivity index (χ2n) is 9.58. The van der Waals surface area contributed by atoms with Gasteiger partial charge in [0.1, 0.15) is 0 Å². The smallest absolute Gasteiger partial charge is 0.338 e. The minimum atomic E-state index is -0.628. The summed E-state index contributed by atoms with van der Waals surface area (Å²) in [5, 5.41) is 0. The van der Waals surface area contributed by atoms with Gasteiger partial charge in [-0.05, 0) is 61.3 Å². The van der Waals surface area contributed by atoms with Crippen LogP contribution in [-0.2, 0) is 14.3 Å². The van der Waals surface area contributed by atoms with Gasteiger partial charge >= 0.3 is 5.97 Å². The van der Waals surface area contributed by atoms with Crippen molar-refractivity contribution in [2.75, 3.05) is 11.5 Å². The third kappa shape index (κ3) is 3.08. The second kappa shape index (κ2) is 7.24. The van der Waals surface area contributed by atoms with Gasteiger partial charge in [-0.25, -0.2) is 4.79 Å². The third-order valence-electron chi connectivity index (χ3n) is 7.73. The molecule has 0 spiro atoms. The lowest BCUT2D eigenvalue weighted by molar-refractivity contribution is -0.124. The summed E-state index contributed by atoms with van der Waals surface area (Å²) >= 11 is 0. The van der Waals surface area contributed by atoms with Gasteiger partial charge in [0.05, 0.1) is 23.1 Å². The predicted molar refractivity (Wildman–Crippen MR) is 119 cm³/mol. The summed E-state index contributed by atoms with van der Waals surface area (Å²) < 4.78 is 5.17. The molecule has 0 aromatic heterocycles. The van der Waals surface area contributed by atoms with E-state index in [1.54, 1.807) is 24.3 Å². The standard InChI is InChI=1S/C27H23NO5/c1-14-2-4-15(5-3-14)22(29)13-33-27(32)16-6-8-17(9-7-16)28-25(30)23-18-10-11-19(21-12-20(18)21)24(23)26(28)31/h2-11,18-21,23-24H,12-13H2,1H3/t18-,19-,20-,21-,23-,24+/m1/s1. The fourth-order valence-corrected chi connectivity index (χ4v) is 6.00. The number of aryl methyl sites for hydroxylation is 1. The molecule has 33 heavy (non-hydrogen) atoms. The number of anilines is 1. The molecule has 5 aliphatic rings. The van der Waals surface area contributed by atoms with Gasteiger partial charge in [0.2, 0.25) is 11.8 Å². The lowest BCUT2D eigenvalue weighted by atomic mass is 9.63. The van der Waals surface area contributed by atoms with Gasteiger partial charge in [0.25, 0.3) is 0 Å². The van der Waals surface area contributed by atoms with Crippen LogP contribution in [0.2, 0.25) is 0 Å². The molecule has 2 aromatic carbocycles. The van der Waals surface area contributed by atoms with E-state index in [0.717, 1.165) is 12.0 Å². The molecular formula is C27H23NO5. The maximum atomic E-state index is 13.2. The lowest BCUT2D eigenvalue weighted by Crippen LogP contribution is -2.40. The molecule has 3 fully saturated rings. The van der Waals surface area contributed by atoms with E-state index in [-0.39, 0.29) is 53.4 Å². The monoisotopic (exact) mass is 441 g/mol. The Balaban J connectivity index is 1.14. The number of ketones is 1. The zero-order valence-electron chi connectivity index (χ0n) is 18.1. The first-order valence-corrected chi connectivity index (χ1v) is 11.4. The Morgan fingerprint density at radius 2 is 1.39 bits per heavy atom. The highest BCUT2D eigenvalue weighted by Gasteiger charge is 2.67. The van der Waals surface area contributed by atoms with Crippen LogP contribution in [0, 0.1) is 42.4 Å². The number of hydrogen-bond acceptors (Lipinski definition) is 5. The van der Waals surface area contributed by atoms with E-state index in [1.807, 2.05) is 19.1 Å². The number of nitrogens with zero attached hydrogens (tertiary/aromatic N) is 1. The van der Waals surface area contributed by atoms with E-state index in [0.29, 0.717) is 23.1 Å². The average Bonchev–Trinajstić information content (AvgIpc) is 3.61. The number of rotatable bonds is 5. The second-order valence-corrected chi connectivity index (χ2v) is 9.58. The molecule has 1 saturated heterocycles. The first-order chi connectivity index (χ1) is 15.9. The summed E-state index contributed by atoms with van der Waals surface area (Å²) in [5.41, 5.74) is 2.26. The Morgan fingerprint density at radius 1 is 0.848 bits per heavy atom. The molecule has 1 heterocycles. The van der Waals surface area contributed by atoms with E-state index in [9.17, 15) is 19.2 Å². The van der Waals surface area contributed by atoms with E-state index in [2.05, 4.69) is 12.2 Å². The molecule has 0 unspecified atom stereocenters. The van der Waals surface area contributed by atoms with Crippen molar-refractivity contribution in [3.8, 4) is 0 Å². The molecule has 2 bridgehead atoms. The number of hydrogen-bond donors (Lipinski definition) is 0. The number of benzene rings is 2. The number of carbonyl (C=O) groups is 4. The van der Waals surface area contributed by atoms with Crippen LogP contribution < -0.4 is 4.90 Å². The molecule has 6 atom stereocenters. The highest BCUT2D eigenvalue weighted by atomic mass is 16.5. The van der Waals surface area contributed by atoms with E-state index in [1.165, 1.54) is 17.0 Å².